The summed E-state index contributed by atoms with van der Waals surface area (Å²) in [6.07, 6.45) is 0. The molecular formula is C22H20ClFN2O4S. The molecule has 1 N–H and O–H groups in total. The number of sulfonamides is 1. The molecule has 0 aliphatic rings. The number of methoxy groups -OCH3 is 1. The lowest BCUT2D eigenvalue weighted by molar-refractivity contribution is 0.102. The van der Waals surface area contributed by atoms with Crippen LogP contribution in [0.15, 0.2) is 65.6 Å². The summed E-state index contributed by atoms with van der Waals surface area (Å²) in [6, 6.07) is 14.3. The van der Waals surface area contributed by atoms with Gasteiger partial charge in [0, 0.05) is 12.7 Å². The van der Waals surface area contributed by atoms with Gasteiger partial charge in [-0.15, -0.1) is 0 Å². The van der Waals surface area contributed by atoms with Gasteiger partial charge in [-0.25, -0.2) is 12.8 Å². The minimum atomic E-state index is -3.98. The van der Waals surface area contributed by atoms with Crippen molar-refractivity contribution < 1.29 is 22.3 Å². The van der Waals surface area contributed by atoms with Crippen LogP contribution in [-0.4, -0.2) is 28.5 Å². The zero-order chi connectivity index (χ0) is 22.8. The molecule has 3 rings (SSSR count). The highest BCUT2D eigenvalue weighted by atomic mass is 35.5. The number of benzene rings is 3. The van der Waals surface area contributed by atoms with E-state index in [4.69, 9.17) is 16.3 Å². The maximum Gasteiger partial charge on any atom is 0.264 e. The molecule has 0 fully saturated rings. The van der Waals surface area contributed by atoms with Crippen LogP contribution >= 0.6 is 11.6 Å². The maximum atomic E-state index is 13.5. The van der Waals surface area contributed by atoms with Crippen LogP contribution in [0.4, 0.5) is 15.8 Å². The summed E-state index contributed by atoms with van der Waals surface area (Å²) < 4.78 is 45.9. The molecule has 0 saturated heterocycles. The monoisotopic (exact) mass is 462 g/mol. The van der Waals surface area contributed by atoms with Gasteiger partial charge in [0.25, 0.3) is 15.9 Å². The molecule has 0 aliphatic heterocycles. The van der Waals surface area contributed by atoms with E-state index >= 15 is 0 Å². The van der Waals surface area contributed by atoms with Crippen LogP contribution in [0.25, 0.3) is 0 Å². The summed E-state index contributed by atoms with van der Waals surface area (Å²) in [5.74, 6) is -0.570. The van der Waals surface area contributed by atoms with Gasteiger partial charge in [-0.05, 0) is 67.1 Å². The standard InChI is InChI=1S/C22H20ClFN2O4S/c1-14-4-5-15(24)12-21(14)25-22(27)19-13-18(10-11-20(19)23)31(28,29)26(2)16-6-8-17(30-3)9-7-16/h4-13H,1-3H3,(H,25,27). The van der Waals surface area contributed by atoms with Crippen LogP contribution in [0.3, 0.4) is 0 Å². The van der Waals surface area contributed by atoms with Gasteiger partial charge in [0.1, 0.15) is 11.6 Å². The van der Waals surface area contributed by atoms with Crippen LogP contribution in [0.1, 0.15) is 15.9 Å². The number of ether oxygens (including phenoxy) is 1. The molecule has 0 heterocycles. The normalized spacial score (nSPS) is 11.1. The summed E-state index contributed by atoms with van der Waals surface area (Å²) >= 11 is 6.15. The molecule has 3 aromatic rings. The number of halogens is 2. The average molecular weight is 463 g/mol. The smallest absolute Gasteiger partial charge is 0.264 e. The number of carbonyl (C=O) groups is 1. The highest BCUT2D eigenvalue weighted by Crippen LogP contribution is 2.28. The Morgan fingerprint density at radius 1 is 1.06 bits per heavy atom. The fraction of sp³-hybridized carbons (Fsp3) is 0.136. The number of rotatable bonds is 6. The predicted molar refractivity (Wildman–Crippen MR) is 119 cm³/mol. The number of amides is 1. The third-order valence-corrected chi connectivity index (χ3v) is 6.84. The Hall–Kier alpha value is -3.10. The molecule has 0 saturated carbocycles. The van der Waals surface area contributed by atoms with Crippen LogP contribution in [0.5, 0.6) is 5.75 Å². The largest absolute Gasteiger partial charge is 0.497 e. The van der Waals surface area contributed by atoms with E-state index in [1.165, 1.54) is 50.6 Å². The third-order valence-electron chi connectivity index (χ3n) is 4.72. The topological polar surface area (TPSA) is 75.7 Å². The molecule has 1 amide bonds. The van der Waals surface area contributed by atoms with Gasteiger partial charge >= 0.3 is 0 Å². The molecule has 162 valence electrons. The summed E-state index contributed by atoms with van der Waals surface area (Å²) in [4.78, 5) is 12.6. The minimum absolute atomic E-state index is 0.0467. The second-order valence-corrected chi connectivity index (χ2v) is 9.10. The Labute approximate surface area is 185 Å². The van der Waals surface area contributed by atoms with Crippen LogP contribution in [0, 0.1) is 12.7 Å². The lowest BCUT2D eigenvalue weighted by atomic mass is 10.1. The van der Waals surface area contributed by atoms with Crippen molar-refractivity contribution in [2.45, 2.75) is 11.8 Å². The number of nitrogens with one attached hydrogen (secondary N) is 1. The number of hydrogen-bond donors (Lipinski definition) is 1. The van der Waals surface area contributed by atoms with Gasteiger partial charge in [-0.3, -0.25) is 9.10 Å². The molecule has 6 nitrogen and oxygen atoms in total. The molecule has 31 heavy (non-hydrogen) atoms. The van der Waals surface area contributed by atoms with E-state index in [1.807, 2.05) is 0 Å². The van der Waals surface area contributed by atoms with E-state index in [0.717, 1.165) is 4.31 Å². The lowest BCUT2D eigenvalue weighted by Gasteiger charge is -2.20. The second kappa shape index (κ2) is 8.95. The Morgan fingerprint density at radius 2 is 1.74 bits per heavy atom. The molecule has 0 spiro atoms. The zero-order valence-corrected chi connectivity index (χ0v) is 18.6. The quantitative estimate of drug-likeness (QED) is 0.566. The van der Waals surface area contributed by atoms with Crippen LogP contribution in [0.2, 0.25) is 5.02 Å². The van der Waals surface area contributed by atoms with E-state index in [-0.39, 0.29) is 21.2 Å². The Bertz CT molecular complexity index is 1230. The highest BCUT2D eigenvalue weighted by molar-refractivity contribution is 7.92. The van der Waals surface area contributed by atoms with Gasteiger partial charge in [0.15, 0.2) is 0 Å². The summed E-state index contributed by atoms with van der Waals surface area (Å²) in [6.45, 7) is 1.71. The van der Waals surface area contributed by atoms with Gasteiger partial charge in [0.05, 0.1) is 28.3 Å². The van der Waals surface area contributed by atoms with Gasteiger partial charge < -0.3 is 10.1 Å². The van der Waals surface area contributed by atoms with E-state index in [1.54, 1.807) is 31.2 Å². The molecule has 0 aromatic heterocycles. The Balaban J connectivity index is 1.93. The van der Waals surface area contributed by atoms with E-state index in [9.17, 15) is 17.6 Å². The number of carbonyl (C=O) groups excluding carboxylic acids is 1. The van der Waals surface area contributed by atoms with E-state index in [2.05, 4.69) is 5.32 Å². The maximum absolute atomic E-state index is 13.5. The SMILES string of the molecule is COc1ccc(N(C)S(=O)(=O)c2ccc(Cl)c(C(=O)Nc3cc(F)ccc3C)c2)cc1. The first-order chi connectivity index (χ1) is 14.6. The van der Waals surface area contributed by atoms with Gasteiger partial charge in [-0.2, -0.15) is 0 Å². The molecule has 0 unspecified atom stereocenters. The number of nitrogens with zero attached hydrogens (tertiary/aromatic N) is 1. The Kier molecular flexibility index (Phi) is 6.52. The molecule has 0 bridgehead atoms. The lowest BCUT2D eigenvalue weighted by Crippen LogP contribution is -2.27. The van der Waals surface area contributed by atoms with Crippen molar-refractivity contribution in [2.75, 3.05) is 23.8 Å². The molecule has 0 radical (unpaired) electrons. The number of aryl methyl sites for hydroxylation is 1. The fourth-order valence-corrected chi connectivity index (χ4v) is 4.27. The second-order valence-electron chi connectivity index (χ2n) is 6.73. The molecule has 0 aliphatic carbocycles. The minimum Gasteiger partial charge on any atom is -0.497 e. The third kappa shape index (κ3) is 4.81. The molecule has 3 aromatic carbocycles. The summed E-state index contributed by atoms with van der Waals surface area (Å²) in [5, 5.41) is 2.64. The molecule has 0 atom stereocenters. The van der Waals surface area contributed by atoms with Crippen molar-refractivity contribution >= 4 is 38.9 Å². The number of hydrogen-bond acceptors (Lipinski definition) is 4. The first-order valence-electron chi connectivity index (χ1n) is 9.13. The Morgan fingerprint density at radius 3 is 2.39 bits per heavy atom. The van der Waals surface area contributed by atoms with Crippen molar-refractivity contribution in [1.82, 2.24) is 0 Å². The number of anilines is 2. The van der Waals surface area contributed by atoms with Gasteiger partial charge in [-0.1, -0.05) is 17.7 Å². The van der Waals surface area contributed by atoms with Gasteiger partial charge in [0.2, 0.25) is 0 Å². The van der Waals surface area contributed by atoms with Crippen LogP contribution < -0.4 is 14.4 Å². The van der Waals surface area contributed by atoms with E-state index in [0.29, 0.717) is 17.0 Å². The molecular weight excluding hydrogens is 443 g/mol. The van der Waals surface area contributed by atoms with Crippen molar-refractivity contribution in [2.24, 2.45) is 0 Å². The summed E-state index contributed by atoms with van der Waals surface area (Å²) in [5.41, 5.74) is 1.28. The predicted octanol–water partition coefficient (Wildman–Crippen LogP) is 4.87. The molecule has 9 heteroatoms. The zero-order valence-electron chi connectivity index (χ0n) is 17.0. The fourth-order valence-electron chi connectivity index (χ4n) is 2.85. The van der Waals surface area contributed by atoms with Crippen molar-refractivity contribution in [3.8, 4) is 5.75 Å². The van der Waals surface area contributed by atoms with Crippen molar-refractivity contribution in [3.05, 3.63) is 82.6 Å². The van der Waals surface area contributed by atoms with Crippen molar-refractivity contribution in [3.63, 3.8) is 0 Å². The first kappa shape index (κ1) is 22.6. The van der Waals surface area contributed by atoms with E-state index < -0.39 is 21.7 Å². The average Bonchev–Trinajstić information content (AvgIpc) is 2.75. The highest BCUT2D eigenvalue weighted by Gasteiger charge is 2.24. The van der Waals surface area contributed by atoms with Crippen LogP contribution in [-0.2, 0) is 10.0 Å². The first-order valence-corrected chi connectivity index (χ1v) is 11.0. The van der Waals surface area contributed by atoms with Crippen molar-refractivity contribution in [1.29, 1.82) is 0 Å². The summed E-state index contributed by atoms with van der Waals surface area (Å²) in [7, 11) is -1.06.